The van der Waals surface area contributed by atoms with Crippen molar-refractivity contribution >= 4 is 0 Å². The van der Waals surface area contributed by atoms with E-state index in [4.69, 9.17) is 9.47 Å². The van der Waals surface area contributed by atoms with E-state index in [1.165, 1.54) is 25.7 Å². The van der Waals surface area contributed by atoms with Gasteiger partial charge in [-0.3, -0.25) is 0 Å². The smallest absolute Gasteiger partial charge is 0.186 e. The Morgan fingerprint density at radius 3 is 2.17 bits per heavy atom. The Bertz CT molecular complexity index is 312. The number of unbranched alkanes of at least 4 members (excludes halogenated alkanes) is 4. The van der Waals surface area contributed by atoms with Crippen molar-refractivity contribution in [2.75, 3.05) is 13.2 Å². The molecule has 6 heteroatoms. The van der Waals surface area contributed by atoms with Crippen LogP contribution in [0.1, 0.15) is 65.2 Å². The number of hydrogen-bond donors (Lipinski definition) is 4. The van der Waals surface area contributed by atoms with Crippen LogP contribution >= 0.6 is 0 Å². The second kappa shape index (κ2) is 12.2. The van der Waals surface area contributed by atoms with Gasteiger partial charge in [0, 0.05) is 0 Å². The van der Waals surface area contributed by atoms with Gasteiger partial charge in [-0.15, -0.1) is 0 Å². The van der Waals surface area contributed by atoms with Gasteiger partial charge < -0.3 is 29.9 Å². The molecule has 1 saturated heterocycles. The van der Waals surface area contributed by atoms with E-state index in [0.717, 1.165) is 25.7 Å². The van der Waals surface area contributed by atoms with Crippen molar-refractivity contribution in [2.45, 2.75) is 95.9 Å². The standard InChI is InChI=1S/C18H36O6/c1-3-5-7-8-10-13(9-6-4-2)12-23-18-17(22)16(21)15(20)14(11-19)24-18/h13-22H,3-12H2,1-2H3/t13?,14-,15-,16+,17-,18?/m1/s1. The van der Waals surface area contributed by atoms with Crippen LogP contribution in [0.5, 0.6) is 0 Å². The molecule has 6 atom stereocenters. The van der Waals surface area contributed by atoms with Gasteiger partial charge in [0.05, 0.1) is 13.2 Å². The van der Waals surface area contributed by atoms with Gasteiger partial charge in [-0.05, 0) is 18.8 Å². The van der Waals surface area contributed by atoms with Gasteiger partial charge in [0.2, 0.25) is 0 Å². The zero-order chi connectivity index (χ0) is 17.9. The highest BCUT2D eigenvalue weighted by atomic mass is 16.7. The fourth-order valence-corrected chi connectivity index (χ4v) is 3.10. The quantitative estimate of drug-likeness (QED) is 0.400. The third kappa shape index (κ3) is 6.94. The second-order valence-electron chi connectivity index (χ2n) is 6.89. The summed E-state index contributed by atoms with van der Waals surface area (Å²) < 4.78 is 11.1. The molecular weight excluding hydrogens is 312 g/mol. The van der Waals surface area contributed by atoms with Gasteiger partial charge in [0.25, 0.3) is 0 Å². The maximum Gasteiger partial charge on any atom is 0.186 e. The van der Waals surface area contributed by atoms with Crippen molar-refractivity contribution in [2.24, 2.45) is 5.92 Å². The van der Waals surface area contributed by atoms with Gasteiger partial charge in [-0.1, -0.05) is 52.4 Å². The summed E-state index contributed by atoms with van der Waals surface area (Å²) >= 11 is 0. The predicted molar refractivity (Wildman–Crippen MR) is 91.5 cm³/mol. The Morgan fingerprint density at radius 2 is 1.54 bits per heavy atom. The minimum Gasteiger partial charge on any atom is -0.394 e. The third-order valence-corrected chi connectivity index (χ3v) is 4.78. The topological polar surface area (TPSA) is 99.4 Å². The van der Waals surface area contributed by atoms with E-state index in [2.05, 4.69) is 13.8 Å². The van der Waals surface area contributed by atoms with E-state index in [1.54, 1.807) is 0 Å². The average Bonchev–Trinajstić information content (AvgIpc) is 2.59. The van der Waals surface area contributed by atoms with Gasteiger partial charge >= 0.3 is 0 Å². The molecule has 1 rings (SSSR count). The molecular formula is C18H36O6. The van der Waals surface area contributed by atoms with E-state index < -0.39 is 37.3 Å². The zero-order valence-corrected chi connectivity index (χ0v) is 15.1. The monoisotopic (exact) mass is 348 g/mol. The summed E-state index contributed by atoms with van der Waals surface area (Å²) in [6.07, 6.45) is 3.31. The lowest BCUT2D eigenvalue weighted by atomic mass is 9.95. The zero-order valence-electron chi connectivity index (χ0n) is 15.1. The van der Waals surface area contributed by atoms with Crippen LogP contribution in [0.2, 0.25) is 0 Å². The molecule has 1 aliphatic heterocycles. The summed E-state index contributed by atoms with van der Waals surface area (Å²) in [7, 11) is 0. The average molecular weight is 348 g/mol. The molecule has 0 spiro atoms. The van der Waals surface area contributed by atoms with Crippen LogP contribution in [0.4, 0.5) is 0 Å². The van der Waals surface area contributed by atoms with Crippen LogP contribution in [0.15, 0.2) is 0 Å². The van der Waals surface area contributed by atoms with Crippen LogP contribution in [0.3, 0.4) is 0 Å². The SMILES string of the molecule is CCCCCCC(CCCC)COC1O[C@H](CO)[C@@H](O)[C@H](O)[C@H]1O. The first-order valence-electron chi connectivity index (χ1n) is 9.47. The van der Waals surface area contributed by atoms with E-state index in [9.17, 15) is 20.4 Å². The number of hydrogen-bond acceptors (Lipinski definition) is 6. The maximum atomic E-state index is 10.0. The summed E-state index contributed by atoms with van der Waals surface area (Å²) in [5.41, 5.74) is 0. The molecule has 4 N–H and O–H groups in total. The van der Waals surface area contributed by atoms with Crippen LogP contribution in [-0.4, -0.2) is 64.3 Å². The molecule has 0 radical (unpaired) electrons. The summed E-state index contributed by atoms with van der Waals surface area (Å²) in [5, 5.41) is 38.8. The molecule has 0 aromatic carbocycles. The van der Waals surface area contributed by atoms with Crippen molar-refractivity contribution in [1.82, 2.24) is 0 Å². The minimum atomic E-state index is -1.38. The lowest BCUT2D eigenvalue weighted by Crippen LogP contribution is -2.59. The van der Waals surface area contributed by atoms with E-state index in [-0.39, 0.29) is 0 Å². The Morgan fingerprint density at radius 1 is 0.875 bits per heavy atom. The molecule has 0 bridgehead atoms. The normalized spacial score (nSPS) is 32.0. The molecule has 0 saturated carbocycles. The van der Waals surface area contributed by atoms with Crippen molar-refractivity contribution in [3.05, 3.63) is 0 Å². The molecule has 2 unspecified atom stereocenters. The first-order chi connectivity index (χ1) is 11.5. The van der Waals surface area contributed by atoms with Crippen LogP contribution in [-0.2, 0) is 9.47 Å². The van der Waals surface area contributed by atoms with Gasteiger partial charge in [-0.2, -0.15) is 0 Å². The fourth-order valence-electron chi connectivity index (χ4n) is 3.10. The van der Waals surface area contributed by atoms with Crippen molar-refractivity contribution in [3.8, 4) is 0 Å². The lowest BCUT2D eigenvalue weighted by Gasteiger charge is -2.40. The van der Waals surface area contributed by atoms with Crippen molar-refractivity contribution in [1.29, 1.82) is 0 Å². The maximum absolute atomic E-state index is 10.0. The summed E-state index contributed by atoms with van der Waals surface area (Å²) in [6.45, 7) is 4.37. The number of aliphatic hydroxyl groups is 4. The van der Waals surface area contributed by atoms with Crippen molar-refractivity contribution in [3.63, 3.8) is 0 Å². The molecule has 0 aromatic rings. The van der Waals surface area contributed by atoms with E-state index >= 15 is 0 Å². The molecule has 144 valence electrons. The lowest BCUT2D eigenvalue weighted by molar-refractivity contribution is -0.303. The first kappa shape index (κ1) is 21.8. The van der Waals surface area contributed by atoms with Crippen LogP contribution in [0.25, 0.3) is 0 Å². The number of rotatable bonds is 12. The van der Waals surface area contributed by atoms with E-state index in [1.807, 2.05) is 0 Å². The highest BCUT2D eigenvalue weighted by Gasteiger charge is 2.44. The molecule has 0 amide bonds. The predicted octanol–water partition coefficient (Wildman–Crippen LogP) is 1.58. The highest BCUT2D eigenvalue weighted by Crippen LogP contribution is 2.24. The molecule has 6 nitrogen and oxygen atoms in total. The number of ether oxygens (including phenoxy) is 2. The fraction of sp³-hybridized carbons (Fsp3) is 1.00. The van der Waals surface area contributed by atoms with Gasteiger partial charge in [-0.25, -0.2) is 0 Å². The molecule has 0 aliphatic carbocycles. The van der Waals surface area contributed by atoms with Gasteiger partial charge in [0.15, 0.2) is 6.29 Å². The largest absolute Gasteiger partial charge is 0.394 e. The summed E-state index contributed by atoms with van der Waals surface area (Å²) in [5.74, 6) is 0.397. The number of aliphatic hydroxyl groups excluding tert-OH is 4. The molecule has 1 fully saturated rings. The third-order valence-electron chi connectivity index (χ3n) is 4.78. The van der Waals surface area contributed by atoms with Crippen molar-refractivity contribution < 1.29 is 29.9 Å². The Labute approximate surface area is 145 Å². The van der Waals surface area contributed by atoms with Crippen LogP contribution < -0.4 is 0 Å². The summed E-state index contributed by atoms with van der Waals surface area (Å²) in [4.78, 5) is 0. The first-order valence-corrected chi connectivity index (χ1v) is 9.47. The molecule has 1 heterocycles. The Hall–Kier alpha value is -0.240. The molecule has 24 heavy (non-hydrogen) atoms. The second-order valence-corrected chi connectivity index (χ2v) is 6.89. The summed E-state index contributed by atoms with van der Waals surface area (Å²) in [6, 6.07) is 0. The van der Waals surface area contributed by atoms with Crippen LogP contribution in [0, 0.1) is 5.92 Å². The Balaban J connectivity index is 2.47. The van der Waals surface area contributed by atoms with E-state index in [0.29, 0.717) is 12.5 Å². The molecule has 1 aliphatic rings. The highest BCUT2D eigenvalue weighted by molar-refractivity contribution is 4.88. The minimum absolute atomic E-state index is 0.397. The Kier molecular flexibility index (Phi) is 11.1. The molecule has 0 aromatic heterocycles. The van der Waals surface area contributed by atoms with Gasteiger partial charge in [0.1, 0.15) is 24.4 Å².